The molecule has 78 valence electrons. The Morgan fingerprint density at radius 3 is 2.21 bits per heavy atom. The van der Waals surface area contributed by atoms with Gasteiger partial charge in [0.05, 0.1) is 0 Å². The monoisotopic (exact) mass is 224 g/mol. The zero-order chi connectivity index (χ0) is 10.9. The van der Waals surface area contributed by atoms with Crippen molar-refractivity contribution in [3.63, 3.8) is 0 Å². The average Bonchev–Trinajstić information content (AvgIpc) is 2.07. The van der Waals surface area contributed by atoms with Crippen molar-refractivity contribution < 1.29 is 13.2 Å². The summed E-state index contributed by atoms with van der Waals surface area (Å²) in [6, 6.07) is 0. The molecule has 1 aromatic heterocycles. The van der Waals surface area contributed by atoms with Crippen LogP contribution in [0.5, 0.6) is 0 Å². The lowest BCUT2D eigenvalue weighted by atomic mass is 10.3. The Morgan fingerprint density at radius 2 is 1.79 bits per heavy atom. The second kappa shape index (κ2) is 3.52. The largest absolute Gasteiger partial charge is 0.435 e. The molecule has 0 atom stereocenters. The lowest BCUT2D eigenvalue weighted by Gasteiger charge is -2.10. The highest BCUT2D eigenvalue weighted by Gasteiger charge is 2.36. The molecule has 0 spiro atoms. The number of nitrogen functional groups attached to an aromatic ring is 2. The number of anilines is 2. The van der Waals surface area contributed by atoms with Crippen LogP contribution in [0.2, 0.25) is 0 Å². The van der Waals surface area contributed by atoms with Gasteiger partial charge in [0, 0.05) is 0 Å². The Kier molecular flexibility index (Phi) is 2.74. The lowest BCUT2D eigenvalue weighted by Crippen LogP contribution is -2.15. The third-order valence-electron chi connectivity index (χ3n) is 1.41. The standard InChI is InChI=1S/C6H7F3N4S/c1-14-5-12-3(6(7,8)9)2(10)4(11)13-5/h10H2,1H3,(H2,11,12,13). The van der Waals surface area contributed by atoms with Crippen molar-refractivity contribution >= 4 is 23.3 Å². The van der Waals surface area contributed by atoms with Gasteiger partial charge >= 0.3 is 6.18 Å². The minimum absolute atomic E-state index is 0.0518. The van der Waals surface area contributed by atoms with Crippen molar-refractivity contribution in [2.24, 2.45) is 0 Å². The minimum Gasteiger partial charge on any atom is -0.394 e. The summed E-state index contributed by atoms with van der Waals surface area (Å²) in [5.74, 6) is -0.350. The van der Waals surface area contributed by atoms with Gasteiger partial charge in [-0.25, -0.2) is 9.97 Å². The van der Waals surface area contributed by atoms with E-state index in [2.05, 4.69) is 9.97 Å². The molecule has 0 bridgehead atoms. The number of hydrogen-bond donors (Lipinski definition) is 2. The van der Waals surface area contributed by atoms with Crippen molar-refractivity contribution in [3.05, 3.63) is 5.69 Å². The number of aromatic nitrogens is 2. The van der Waals surface area contributed by atoms with Crippen molar-refractivity contribution in [2.75, 3.05) is 17.7 Å². The van der Waals surface area contributed by atoms with Crippen LogP contribution in [0.4, 0.5) is 24.7 Å². The van der Waals surface area contributed by atoms with E-state index in [1.165, 1.54) is 0 Å². The van der Waals surface area contributed by atoms with Gasteiger partial charge in [-0.3, -0.25) is 0 Å². The van der Waals surface area contributed by atoms with E-state index in [1.807, 2.05) is 0 Å². The van der Waals surface area contributed by atoms with Gasteiger partial charge in [0.2, 0.25) is 0 Å². The molecule has 0 aliphatic carbocycles. The average molecular weight is 224 g/mol. The maximum absolute atomic E-state index is 12.3. The molecule has 0 amide bonds. The number of hydrogen-bond acceptors (Lipinski definition) is 5. The molecule has 0 fully saturated rings. The zero-order valence-electron chi connectivity index (χ0n) is 7.09. The van der Waals surface area contributed by atoms with Gasteiger partial charge in [-0.15, -0.1) is 0 Å². The normalized spacial score (nSPS) is 11.7. The Morgan fingerprint density at radius 1 is 1.21 bits per heavy atom. The summed E-state index contributed by atoms with van der Waals surface area (Å²) in [6.07, 6.45) is -3.06. The summed E-state index contributed by atoms with van der Waals surface area (Å²) in [4.78, 5) is 6.81. The Hall–Kier alpha value is -1.18. The molecule has 0 aliphatic heterocycles. The molecule has 8 heteroatoms. The summed E-state index contributed by atoms with van der Waals surface area (Å²) in [7, 11) is 0. The van der Waals surface area contributed by atoms with Crippen LogP contribution in [0.1, 0.15) is 5.69 Å². The lowest BCUT2D eigenvalue weighted by molar-refractivity contribution is -0.140. The molecule has 0 saturated carbocycles. The first-order valence-corrected chi connectivity index (χ1v) is 4.63. The van der Waals surface area contributed by atoms with Gasteiger partial charge in [-0.1, -0.05) is 11.8 Å². The molecule has 4 nitrogen and oxygen atoms in total. The third-order valence-corrected chi connectivity index (χ3v) is 1.95. The highest BCUT2D eigenvalue weighted by Crippen LogP contribution is 2.34. The maximum atomic E-state index is 12.3. The van der Waals surface area contributed by atoms with Crippen molar-refractivity contribution in [1.82, 2.24) is 9.97 Å². The van der Waals surface area contributed by atoms with Crippen LogP contribution in [-0.2, 0) is 6.18 Å². The molecule has 14 heavy (non-hydrogen) atoms. The molecule has 4 N–H and O–H groups in total. The first-order valence-electron chi connectivity index (χ1n) is 3.40. The van der Waals surface area contributed by atoms with Crippen LogP contribution >= 0.6 is 11.8 Å². The quantitative estimate of drug-likeness (QED) is 0.556. The number of alkyl halides is 3. The van der Waals surface area contributed by atoms with Gasteiger partial charge < -0.3 is 11.5 Å². The van der Waals surface area contributed by atoms with Crippen LogP contribution < -0.4 is 11.5 Å². The predicted molar refractivity (Wildman–Crippen MR) is 47.6 cm³/mol. The zero-order valence-corrected chi connectivity index (χ0v) is 7.91. The third kappa shape index (κ3) is 2.00. The van der Waals surface area contributed by atoms with E-state index in [0.29, 0.717) is 0 Å². The van der Waals surface area contributed by atoms with E-state index < -0.39 is 17.6 Å². The molecule has 1 aromatic rings. The van der Waals surface area contributed by atoms with Crippen molar-refractivity contribution in [1.29, 1.82) is 0 Å². The highest BCUT2D eigenvalue weighted by atomic mass is 32.2. The number of nitrogens with zero attached hydrogens (tertiary/aromatic N) is 2. The maximum Gasteiger partial charge on any atom is 0.435 e. The smallest absolute Gasteiger partial charge is 0.394 e. The number of halogens is 3. The highest BCUT2D eigenvalue weighted by molar-refractivity contribution is 7.98. The molecule has 0 saturated heterocycles. The van der Waals surface area contributed by atoms with E-state index in [4.69, 9.17) is 11.5 Å². The summed E-state index contributed by atoms with van der Waals surface area (Å²) in [5, 5.41) is -0.0518. The van der Waals surface area contributed by atoms with Crippen LogP contribution in [0.15, 0.2) is 5.16 Å². The fourth-order valence-corrected chi connectivity index (χ4v) is 1.15. The van der Waals surface area contributed by atoms with Gasteiger partial charge in [0.25, 0.3) is 0 Å². The summed E-state index contributed by atoms with van der Waals surface area (Å²) >= 11 is 0.964. The molecular weight excluding hydrogens is 217 g/mol. The fourth-order valence-electron chi connectivity index (χ4n) is 0.773. The Balaban J connectivity index is 3.35. The molecule has 0 aliphatic rings. The Bertz CT molecular complexity index is 352. The van der Waals surface area contributed by atoms with E-state index >= 15 is 0 Å². The van der Waals surface area contributed by atoms with Gasteiger partial charge in [0.1, 0.15) is 5.69 Å². The molecule has 0 aromatic carbocycles. The van der Waals surface area contributed by atoms with Gasteiger partial charge in [0.15, 0.2) is 16.7 Å². The molecule has 1 rings (SSSR count). The minimum atomic E-state index is -4.61. The van der Waals surface area contributed by atoms with Crippen molar-refractivity contribution in [3.8, 4) is 0 Å². The SMILES string of the molecule is CSc1nc(N)c(N)c(C(F)(F)F)n1. The number of thioether (sulfide) groups is 1. The predicted octanol–water partition coefficient (Wildman–Crippen LogP) is 1.38. The second-order valence-electron chi connectivity index (χ2n) is 2.36. The number of nitrogens with two attached hydrogens (primary N) is 2. The summed E-state index contributed by atoms with van der Waals surface area (Å²) < 4.78 is 36.9. The van der Waals surface area contributed by atoms with Crippen LogP contribution in [0, 0.1) is 0 Å². The van der Waals surface area contributed by atoms with E-state index in [1.54, 1.807) is 6.26 Å². The molecule has 0 radical (unpaired) electrons. The second-order valence-corrected chi connectivity index (χ2v) is 3.13. The molecule has 1 heterocycles. The Labute approximate surface area is 81.9 Å². The van der Waals surface area contributed by atoms with Crippen LogP contribution in [0.3, 0.4) is 0 Å². The number of rotatable bonds is 1. The molecular formula is C6H7F3N4S. The first kappa shape index (κ1) is 10.9. The van der Waals surface area contributed by atoms with E-state index in [9.17, 15) is 13.2 Å². The van der Waals surface area contributed by atoms with E-state index in [-0.39, 0.29) is 11.0 Å². The topological polar surface area (TPSA) is 77.8 Å². The van der Waals surface area contributed by atoms with Crippen molar-refractivity contribution in [2.45, 2.75) is 11.3 Å². The van der Waals surface area contributed by atoms with Gasteiger partial charge in [-0.05, 0) is 6.26 Å². The van der Waals surface area contributed by atoms with Gasteiger partial charge in [-0.2, -0.15) is 13.2 Å². The molecule has 0 unspecified atom stereocenters. The van der Waals surface area contributed by atoms with Crippen LogP contribution in [-0.4, -0.2) is 16.2 Å². The van der Waals surface area contributed by atoms with E-state index in [0.717, 1.165) is 11.8 Å². The fraction of sp³-hybridized carbons (Fsp3) is 0.333. The van der Waals surface area contributed by atoms with Crippen LogP contribution in [0.25, 0.3) is 0 Å². The first-order chi connectivity index (χ1) is 6.36. The summed E-state index contributed by atoms with van der Waals surface area (Å²) in [5.41, 5.74) is 8.50. The summed E-state index contributed by atoms with van der Waals surface area (Å²) in [6.45, 7) is 0.